The highest BCUT2D eigenvalue weighted by Crippen LogP contribution is 2.37. The minimum atomic E-state index is -0.587. The molecule has 1 aliphatic rings. The molecule has 5 heteroatoms. The van der Waals surface area contributed by atoms with Gasteiger partial charge >= 0.3 is 0 Å². The highest BCUT2D eigenvalue weighted by atomic mass is 79.9. The maximum Gasteiger partial charge on any atom is 0.176 e. The zero-order valence-electron chi connectivity index (χ0n) is 10.2. The number of hydrogen-bond acceptors (Lipinski definition) is 2. The molecule has 1 unspecified atom stereocenters. The summed E-state index contributed by atoms with van der Waals surface area (Å²) in [6, 6.07) is 9.85. The Morgan fingerprint density at radius 3 is 2.90 bits per heavy atom. The second-order valence-corrected chi connectivity index (χ2v) is 5.77. The lowest BCUT2D eigenvalue weighted by Gasteiger charge is -2.10. The predicted octanol–water partition coefficient (Wildman–Crippen LogP) is 4.60. The molecule has 0 aliphatic carbocycles. The number of ketones is 1. The van der Waals surface area contributed by atoms with Gasteiger partial charge in [0.25, 0.3) is 0 Å². The number of fused-ring (bicyclic) bond motifs is 1. The van der Waals surface area contributed by atoms with Crippen LogP contribution in [0.4, 0.5) is 4.39 Å². The largest absolute Gasteiger partial charge is 0.492 e. The van der Waals surface area contributed by atoms with Crippen LogP contribution < -0.4 is 4.74 Å². The zero-order chi connectivity index (χ0) is 14.3. The first-order valence-corrected chi connectivity index (χ1v) is 7.15. The Morgan fingerprint density at radius 2 is 2.10 bits per heavy atom. The summed E-state index contributed by atoms with van der Waals surface area (Å²) in [6.07, 6.45) is 0. The van der Waals surface area contributed by atoms with Crippen LogP contribution in [0, 0.1) is 5.82 Å². The smallest absolute Gasteiger partial charge is 0.176 e. The average Bonchev–Trinajstić information content (AvgIpc) is 2.86. The minimum absolute atomic E-state index is 0.0106. The Hall–Kier alpha value is -1.39. The van der Waals surface area contributed by atoms with Crippen molar-refractivity contribution >= 4 is 33.3 Å². The summed E-state index contributed by atoms with van der Waals surface area (Å²) in [5.41, 5.74) is 0.777. The van der Waals surface area contributed by atoms with E-state index in [0.29, 0.717) is 15.2 Å². The number of para-hydroxylation sites is 1. The molecule has 2 aromatic rings. The fourth-order valence-electron chi connectivity index (χ4n) is 2.28. The van der Waals surface area contributed by atoms with Gasteiger partial charge in [0.05, 0.1) is 16.5 Å². The molecular formula is C15H9BrClFO2. The van der Waals surface area contributed by atoms with Crippen molar-refractivity contribution in [3.63, 3.8) is 0 Å². The molecule has 20 heavy (non-hydrogen) atoms. The van der Waals surface area contributed by atoms with Crippen LogP contribution in [0.5, 0.6) is 5.75 Å². The average molecular weight is 356 g/mol. The van der Waals surface area contributed by atoms with Crippen LogP contribution in [0.1, 0.15) is 21.8 Å². The van der Waals surface area contributed by atoms with Crippen molar-refractivity contribution in [2.24, 2.45) is 0 Å². The quantitative estimate of drug-likeness (QED) is 0.581. The Kier molecular flexibility index (Phi) is 3.52. The van der Waals surface area contributed by atoms with Crippen LogP contribution in [0.15, 0.2) is 40.9 Å². The molecule has 1 aliphatic heterocycles. The molecule has 2 aromatic carbocycles. The molecule has 0 fully saturated rings. The number of rotatable bonds is 2. The third-order valence-electron chi connectivity index (χ3n) is 3.29. The standard InChI is InChI=1S/C15H9BrClFO2/c16-11-6-13(18)9(5-12(11)17)15(19)10-7-20-14-4-2-1-3-8(10)14/h1-6,10H,7H2. The number of hydrogen-bond donors (Lipinski definition) is 0. The number of Topliss-reactive ketones (excluding diaryl/α,β-unsaturated/α-hetero) is 1. The van der Waals surface area contributed by atoms with Gasteiger partial charge in [-0.05, 0) is 34.1 Å². The highest BCUT2D eigenvalue weighted by molar-refractivity contribution is 9.10. The lowest BCUT2D eigenvalue weighted by Crippen LogP contribution is -2.16. The normalized spacial score (nSPS) is 16.6. The van der Waals surface area contributed by atoms with Crippen LogP contribution >= 0.6 is 27.5 Å². The van der Waals surface area contributed by atoms with E-state index in [2.05, 4.69) is 15.9 Å². The molecule has 102 valence electrons. The lowest BCUT2D eigenvalue weighted by molar-refractivity contribution is 0.0943. The Balaban J connectivity index is 2.01. The van der Waals surface area contributed by atoms with E-state index in [-0.39, 0.29) is 18.0 Å². The van der Waals surface area contributed by atoms with Gasteiger partial charge in [-0.2, -0.15) is 0 Å². The molecule has 0 radical (unpaired) electrons. The number of ether oxygens (including phenoxy) is 1. The van der Waals surface area contributed by atoms with Crippen molar-refractivity contribution in [3.8, 4) is 5.75 Å². The summed E-state index contributed by atoms with van der Waals surface area (Å²) in [5, 5.41) is 0.307. The number of benzene rings is 2. The summed E-state index contributed by atoms with van der Waals surface area (Å²) in [7, 11) is 0. The van der Waals surface area contributed by atoms with E-state index in [1.165, 1.54) is 12.1 Å². The molecule has 0 amide bonds. The van der Waals surface area contributed by atoms with Gasteiger partial charge in [0.2, 0.25) is 0 Å². The van der Waals surface area contributed by atoms with Gasteiger partial charge in [-0.3, -0.25) is 4.79 Å². The van der Waals surface area contributed by atoms with Crippen molar-refractivity contribution in [2.75, 3.05) is 6.61 Å². The van der Waals surface area contributed by atoms with Crippen molar-refractivity contribution < 1.29 is 13.9 Å². The first kappa shape index (κ1) is 13.6. The van der Waals surface area contributed by atoms with E-state index in [1.807, 2.05) is 18.2 Å². The van der Waals surface area contributed by atoms with E-state index in [1.54, 1.807) is 6.07 Å². The summed E-state index contributed by atoms with van der Waals surface area (Å²) in [5.74, 6) is -0.718. The molecule has 0 bridgehead atoms. The fourth-order valence-corrected chi connectivity index (χ4v) is 2.76. The van der Waals surface area contributed by atoms with Gasteiger partial charge in [0.15, 0.2) is 5.78 Å². The molecule has 1 atom stereocenters. The molecule has 0 N–H and O–H groups in total. The predicted molar refractivity (Wildman–Crippen MR) is 78.1 cm³/mol. The van der Waals surface area contributed by atoms with Crippen molar-refractivity contribution in [1.82, 2.24) is 0 Å². The molecule has 2 nitrogen and oxygen atoms in total. The molecule has 1 heterocycles. The molecule has 0 aromatic heterocycles. The minimum Gasteiger partial charge on any atom is -0.492 e. The molecule has 0 saturated heterocycles. The topological polar surface area (TPSA) is 26.3 Å². The fraction of sp³-hybridized carbons (Fsp3) is 0.133. The first-order valence-electron chi connectivity index (χ1n) is 5.98. The SMILES string of the molecule is O=C(c1cc(Cl)c(Br)cc1F)C1COc2ccccc21. The summed E-state index contributed by atoms with van der Waals surface area (Å²) in [6.45, 7) is 0.227. The third-order valence-corrected chi connectivity index (χ3v) is 4.49. The van der Waals surface area contributed by atoms with Crippen LogP contribution in [0.3, 0.4) is 0 Å². The van der Waals surface area contributed by atoms with E-state index >= 15 is 0 Å². The van der Waals surface area contributed by atoms with Gasteiger partial charge in [-0.15, -0.1) is 0 Å². The van der Waals surface area contributed by atoms with Gasteiger partial charge in [0, 0.05) is 10.0 Å². The summed E-state index contributed by atoms with van der Waals surface area (Å²) >= 11 is 9.07. The van der Waals surface area contributed by atoms with E-state index in [0.717, 1.165) is 5.56 Å². The maximum atomic E-state index is 14.0. The summed E-state index contributed by atoms with van der Waals surface area (Å²) < 4.78 is 19.8. The van der Waals surface area contributed by atoms with Gasteiger partial charge in [-0.25, -0.2) is 4.39 Å². The highest BCUT2D eigenvalue weighted by Gasteiger charge is 2.32. The van der Waals surface area contributed by atoms with Crippen LogP contribution in [0.25, 0.3) is 0 Å². The van der Waals surface area contributed by atoms with E-state index < -0.39 is 11.7 Å². The van der Waals surface area contributed by atoms with E-state index in [4.69, 9.17) is 16.3 Å². The zero-order valence-corrected chi connectivity index (χ0v) is 12.5. The third kappa shape index (κ3) is 2.23. The molecular weight excluding hydrogens is 347 g/mol. The Bertz CT molecular complexity index is 702. The van der Waals surface area contributed by atoms with Crippen molar-refractivity contribution in [3.05, 3.63) is 62.8 Å². The van der Waals surface area contributed by atoms with Crippen LogP contribution in [0.2, 0.25) is 5.02 Å². The van der Waals surface area contributed by atoms with Crippen LogP contribution in [-0.4, -0.2) is 12.4 Å². The number of carbonyl (C=O) groups is 1. The Morgan fingerprint density at radius 1 is 1.35 bits per heavy atom. The van der Waals surface area contributed by atoms with Crippen molar-refractivity contribution in [2.45, 2.75) is 5.92 Å². The van der Waals surface area contributed by atoms with Gasteiger partial charge in [0.1, 0.15) is 18.2 Å². The molecule has 0 saturated carbocycles. The maximum absolute atomic E-state index is 14.0. The van der Waals surface area contributed by atoms with Gasteiger partial charge in [-0.1, -0.05) is 29.8 Å². The van der Waals surface area contributed by atoms with E-state index in [9.17, 15) is 9.18 Å². The van der Waals surface area contributed by atoms with Crippen LogP contribution in [-0.2, 0) is 0 Å². The number of carbonyl (C=O) groups excluding carboxylic acids is 1. The van der Waals surface area contributed by atoms with Gasteiger partial charge < -0.3 is 4.74 Å². The number of halogens is 3. The Labute approximate surface area is 128 Å². The monoisotopic (exact) mass is 354 g/mol. The lowest BCUT2D eigenvalue weighted by atomic mass is 9.92. The van der Waals surface area contributed by atoms with Crippen molar-refractivity contribution in [1.29, 1.82) is 0 Å². The molecule has 0 spiro atoms. The second-order valence-electron chi connectivity index (χ2n) is 4.51. The first-order chi connectivity index (χ1) is 9.58. The molecule has 3 rings (SSSR count). The summed E-state index contributed by atoms with van der Waals surface area (Å²) in [4.78, 5) is 12.5. The second kappa shape index (κ2) is 5.19.